The van der Waals surface area contributed by atoms with Gasteiger partial charge in [-0.2, -0.15) is 4.98 Å². The lowest BCUT2D eigenvalue weighted by molar-refractivity contribution is -0.385. The molecule has 3 heterocycles. The van der Waals surface area contributed by atoms with E-state index in [0.717, 1.165) is 17.0 Å². The highest BCUT2D eigenvalue weighted by Crippen LogP contribution is 2.35. The zero-order chi connectivity index (χ0) is 26.9. The van der Waals surface area contributed by atoms with E-state index < -0.39 is 54.3 Å². The Kier molecular flexibility index (Phi) is 7.21. The number of H-pyrrole nitrogens is 1. The van der Waals surface area contributed by atoms with Crippen molar-refractivity contribution in [2.45, 2.75) is 31.1 Å². The maximum atomic E-state index is 12.4. The van der Waals surface area contributed by atoms with E-state index in [1.165, 1.54) is 20.3 Å². The summed E-state index contributed by atoms with van der Waals surface area (Å²) in [6, 6.07) is 2.41. The van der Waals surface area contributed by atoms with Gasteiger partial charge >= 0.3 is 6.09 Å². The zero-order valence-electron chi connectivity index (χ0n) is 19.4. The van der Waals surface area contributed by atoms with E-state index in [1.54, 1.807) is 0 Å². The Morgan fingerprint density at radius 1 is 1.27 bits per heavy atom. The Bertz CT molecular complexity index is 1390. The highest BCUT2D eigenvalue weighted by molar-refractivity contribution is 5.83. The van der Waals surface area contributed by atoms with Crippen molar-refractivity contribution in [3.05, 3.63) is 44.5 Å². The SMILES string of the molecule is COc1cc(COC(=O)Nc2nc3c(ncn3[C@@H]3O[C@H](CO)[C@@H](O)[C@H]3O)c(=O)[nH]2)c([N+](=O)[O-])cc1OC. The molecule has 0 aliphatic carbocycles. The van der Waals surface area contributed by atoms with Gasteiger partial charge in [-0.15, -0.1) is 0 Å². The van der Waals surface area contributed by atoms with Crippen LogP contribution in [-0.2, 0) is 16.1 Å². The number of nitrogens with zero attached hydrogens (tertiary/aromatic N) is 4. The fourth-order valence-corrected chi connectivity index (χ4v) is 3.75. The van der Waals surface area contributed by atoms with Crippen molar-refractivity contribution in [3.63, 3.8) is 0 Å². The minimum Gasteiger partial charge on any atom is -0.493 e. The molecule has 0 radical (unpaired) electrons. The van der Waals surface area contributed by atoms with Crippen LogP contribution < -0.4 is 20.3 Å². The van der Waals surface area contributed by atoms with Gasteiger partial charge in [-0.1, -0.05) is 0 Å². The number of anilines is 1. The van der Waals surface area contributed by atoms with Crippen molar-refractivity contribution in [1.82, 2.24) is 19.5 Å². The van der Waals surface area contributed by atoms with Crippen molar-refractivity contribution >= 4 is 28.9 Å². The third kappa shape index (κ3) is 4.87. The van der Waals surface area contributed by atoms with E-state index in [2.05, 4.69) is 20.3 Å². The molecule has 2 aromatic heterocycles. The number of nitrogens with one attached hydrogen (secondary N) is 2. The standard InChI is InChI=1S/C20H22N6O11/c1-34-10-3-8(9(26(32)33)4-11(10)35-2)6-36-20(31)24-19-22-16-13(17(30)23-19)21-7-25(16)18-15(29)14(28)12(5-27)37-18/h3-4,7,12,14-15,18,27-29H,5-6H2,1-2H3,(H2,22,23,24,30,31)/t12-,14-,15-,18-/m1/s1. The van der Waals surface area contributed by atoms with Crippen LogP contribution in [0, 0.1) is 10.1 Å². The summed E-state index contributed by atoms with van der Waals surface area (Å²) in [6.07, 6.45) is -5.13. The number of aromatic amines is 1. The van der Waals surface area contributed by atoms with Crippen LogP contribution in [0.3, 0.4) is 0 Å². The number of ether oxygens (including phenoxy) is 4. The van der Waals surface area contributed by atoms with Crippen LogP contribution in [0.4, 0.5) is 16.4 Å². The molecular formula is C20H22N6O11. The number of aliphatic hydroxyl groups is 3. The third-order valence-electron chi connectivity index (χ3n) is 5.58. The van der Waals surface area contributed by atoms with E-state index in [-0.39, 0.29) is 39.9 Å². The molecule has 4 rings (SSSR count). The summed E-state index contributed by atoms with van der Waals surface area (Å²) in [6.45, 7) is -1.10. The molecule has 198 valence electrons. The number of nitro groups is 1. The number of nitro benzene ring substituents is 1. The van der Waals surface area contributed by atoms with Gasteiger partial charge in [0.15, 0.2) is 28.9 Å². The number of carbonyl (C=O) groups is 1. The van der Waals surface area contributed by atoms with Gasteiger partial charge in [0.2, 0.25) is 5.95 Å². The third-order valence-corrected chi connectivity index (χ3v) is 5.58. The molecule has 0 bridgehead atoms. The molecule has 3 aromatic rings. The molecule has 1 aliphatic rings. The Labute approximate surface area is 206 Å². The van der Waals surface area contributed by atoms with E-state index >= 15 is 0 Å². The number of carbonyl (C=O) groups excluding carboxylic acids is 1. The van der Waals surface area contributed by atoms with Gasteiger partial charge in [-0.05, 0) is 6.07 Å². The second-order valence-corrected chi connectivity index (χ2v) is 7.76. The predicted octanol–water partition coefficient (Wildman–Crippen LogP) is -0.595. The minimum absolute atomic E-state index is 0.0112. The number of imidazole rings is 1. The number of aromatic nitrogens is 4. The molecule has 17 heteroatoms. The van der Waals surface area contributed by atoms with Gasteiger partial charge in [-0.3, -0.25) is 29.8 Å². The average Bonchev–Trinajstić information content (AvgIpc) is 3.42. The van der Waals surface area contributed by atoms with Crippen LogP contribution in [0.5, 0.6) is 11.5 Å². The van der Waals surface area contributed by atoms with Crippen molar-refractivity contribution in [3.8, 4) is 11.5 Å². The number of hydrogen-bond acceptors (Lipinski definition) is 13. The Morgan fingerprint density at radius 3 is 2.59 bits per heavy atom. The first-order valence-electron chi connectivity index (χ1n) is 10.6. The monoisotopic (exact) mass is 522 g/mol. The molecule has 1 fully saturated rings. The van der Waals surface area contributed by atoms with Gasteiger partial charge in [0.25, 0.3) is 11.2 Å². The van der Waals surface area contributed by atoms with Crippen LogP contribution in [0.15, 0.2) is 23.3 Å². The molecule has 5 N–H and O–H groups in total. The van der Waals surface area contributed by atoms with Crippen LogP contribution in [-0.4, -0.2) is 85.0 Å². The van der Waals surface area contributed by atoms with Crippen molar-refractivity contribution in [2.75, 3.05) is 26.1 Å². The topological polar surface area (TPSA) is 233 Å². The zero-order valence-corrected chi connectivity index (χ0v) is 19.4. The number of aliphatic hydroxyl groups excluding tert-OH is 3. The Hall–Kier alpha value is -4.32. The quantitative estimate of drug-likeness (QED) is 0.184. The summed E-state index contributed by atoms with van der Waals surface area (Å²) < 4.78 is 21.8. The second-order valence-electron chi connectivity index (χ2n) is 7.76. The molecule has 0 saturated carbocycles. The summed E-state index contributed by atoms with van der Waals surface area (Å²) in [5.74, 6) is -0.0669. The van der Waals surface area contributed by atoms with Crippen LogP contribution in [0.2, 0.25) is 0 Å². The molecule has 37 heavy (non-hydrogen) atoms. The fourth-order valence-electron chi connectivity index (χ4n) is 3.75. The number of benzene rings is 1. The minimum atomic E-state index is -1.46. The predicted molar refractivity (Wildman–Crippen MR) is 121 cm³/mol. The molecule has 4 atom stereocenters. The number of fused-ring (bicyclic) bond motifs is 1. The van der Waals surface area contributed by atoms with Gasteiger partial charge in [0, 0.05) is 0 Å². The van der Waals surface area contributed by atoms with Crippen LogP contribution in [0.25, 0.3) is 11.2 Å². The second kappa shape index (κ2) is 10.3. The van der Waals surface area contributed by atoms with Crippen molar-refractivity contribution in [2.24, 2.45) is 0 Å². The van der Waals surface area contributed by atoms with Crippen LogP contribution in [0.1, 0.15) is 11.8 Å². The first kappa shape index (κ1) is 25.8. The number of hydrogen-bond donors (Lipinski definition) is 5. The number of rotatable bonds is 8. The summed E-state index contributed by atoms with van der Waals surface area (Å²) in [5.41, 5.74) is -1.37. The van der Waals surface area contributed by atoms with Crippen molar-refractivity contribution in [1.29, 1.82) is 0 Å². The Balaban J connectivity index is 1.54. The normalized spacial score (nSPS) is 21.1. The summed E-state index contributed by atoms with van der Waals surface area (Å²) in [7, 11) is 2.65. The molecule has 0 spiro atoms. The first-order chi connectivity index (χ1) is 17.7. The molecule has 1 saturated heterocycles. The highest BCUT2D eigenvalue weighted by Gasteiger charge is 2.44. The lowest BCUT2D eigenvalue weighted by Gasteiger charge is -2.16. The summed E-state index contributed by atoms with van der Waals surface area (Å²) >= 11 is 0. The largest absolute Gasteiger partial charge is 0.493 e. The molecule has 1 aromatic carbocycles. The molecular weight excluding hydrogens is 500 g/mol. The smallest absolute Gasteiger partial charge is 0.414 e. The van der Waals surface area contributed by atoms with Crippen molar-refractivity contribution < 1.29 is 44.0 Å². The van der Waals surface area contributed by atoms with E-state index in [0.29, 0.717) is 0 Å². The first-order valence-corrected chi connectivity index (χ1v) is 10.6. The summed E-state index contributed by atoms with van der Waals surface area (Å²) in [5, 5.41) is 43.2. The number of methoxy groups -OCH3 is 2. The van der Waals surface area contributed by atoms with Gasteiger partial charge in [-0.25, -0.2) is 9.78 Å². The number of amides is 1. The van der Waals surface area contributed by atoms with Gasteiger partial charge in [0.1, 0.15) is 24.9 Å². The maximum Gasteiger partial charge on any atom is 0.414 e. The lowest BCUT2D eigenvalue weighted by Crippen LogP contribution is -2.33. The van der Waals surface area contributed by atoms with E-state index in [1.807, 2.05) is 0 Å². The molecule has 1 aliphatic heterocycles. The molecule has 1 amide bonds. The average molecular weight is 522 g/mol. The maximum absolute atomic E-state index is 12.4. The van der Waals surface area contributed by atoms with Gasteiger partial charge in [0.05, 0.1) is 43.7 Å². The molecule has 17 nitrogen and oxygen atoms in total. The van der Waals surface area contributed by atoms with E-state index in [9.17, 15) is 35.0 Å². The van der Waals surface area contributed by atoms with E-state index in [4.69, 9.17) is 18.9 Å². The summed E-state index contributed by atoms with van der Waals surface area (Å²) in [4.78, 5) is 45.9. The van der Waals surface area contributed by atoms with Crippen LogP contribution >= 0.6 is 0 Å². The lowest BCUT2D eigenvalue weighted by atomic mass is 10.1. The Morgan fingerprint density at radius 2 is 1.97 bits per heavy atom. The fraction of sp³-hybridized carbons (Fsp3) is 0.400. The van der Waals surface area contributed by atoms with Gasteiger partial charge < -0.3 is 34.3 Å². The highest BCUT2D eigenvalue weighted by atomic mass is 16.6. The molecule has 0 unspecified atom stereocenters.